The number of carbonyl (C=O) groups excluding carboxylic acids is 1. The SMILES string of the molecule is O=Cc1ccc2nc(C3CC3)nn2c1. The van der Waals surface area contributed by atoms with Crippen molar-refractivity contribution in [2.45, 2.75) is 18.8 Å². The predicted molar refractivity (Wildman–Crippen MR) is 50.3 cm³/mol. The fraction of sp³-hybridized carbons (Fsp3) is 0.300. The highest BCUT2D eigenvalue weighted by Gasteiger charge is 2.27. The summed E-state index contributed by atoms with van der Waals surface area (Å²) in [4.78, 5) is 14.9. The van der Waals surface area contributed by atoms with E-state index in [-0.39, 0.29) is 0 Å². The molecule has 2 aromatic rings. The summed E-state index contributed by atoms with van der Waals surface area (Å²) in [6.07, 6.45) is 4.91. The summed E-state index contributed by atoms with van der Waals surface area (Å²) in [6.45, 7) is 0. The first kappa shape index (κ1) is 7.67. The number of hydrogen-bond donors (Lipinski definition) is 0. The van der Waals surface area contributed by atoms with Crippen molar-refractivity contribution in [3.8, 4) is 0 Å². The van der Waals surface area contributed by atoms with Crippen LogP contribution in [0.5, 0.6) is 0 Å². The summed E-state index contributed by atoms with van der Waals surface area (Å²) in [5.74, 6) is 1.46. The number of carbonyl (C=O) groups is 1. The minimum atomic E-state index is 0.551. The van der Waals surface area contributed by atoms with E-state index in [1.165, 1.54) is 12.8 Å². The van der Waals surface area contributed by atoms with E-state index in [0.717, 1.165) is 17.8 Å². The lowest BCUT2D eigenvalue weighted by Gasteiger charge is -1.90. The summed E-state index contributed by atoms with van der Waals surface area (Å²) >= 11 is 0. The van der Waals surface area contributed by atoms with Gasteiger partial charge in [0.25, 0.3) is 0 Å². The van der Waals surface area contributed by atoms with Gasteiger partial charge in [-0.2, -0.15) is 5.10 Å². The maximum absolute atomic E-state index is 10.5. The van der Waals surface area contributed by atoms with Crippen molar-refractivity contribution in [3.63, 3.8) is 0 Å². The van der Waals surface area contributed by atoms with Crippen LogP contribution in [0, 0.1) is 0 Å². The first-order valence-electron chi connectivity index (χ1n) is 4.68. The Kier molecular flexibility index (Phi) is 1.45. The molecule has 2 heterocycles. The van der Waals surface area contributed by atoms with Gasteiger partial charge in [-0.3, -0.25) is 4.79 Å². The fourth-order valence-electron chi connectivity index (χ4n) is 1.50. The molecule has 14 heavy (non-hydrogen) atoms. The van der Waals surface area contributed by atoms with E-state index in [1.54, 1.807) is 16.8 Å². The first-order chi connectivity index (χ1) is 6.86. The topological polar surface area (TPSA) is 47.3 Å². The maximum atomic E-state index is 10.5. The molecular weight excluding hydrogens is 178 g/mol. The Morgan fingerprint density at radius 3 is 3.00 bits per heavy atom. The van der Waals surface area contributed by atoms with Gasteiger partial charge in [0, 0.05) is 17.7 Å². The van der Waals surface area contributed by atoms with Crippen LogP contribution in [0.3, 0.4) is 0 Å². The zero-order valence-electron chi connectivity index (χ0n) is 7.55. The number of aldehydes is 1. The molecular formula is C10H9N3O. The molecule has 0 spiro atoms. The molecule has 4 heteroatoms. The van der Waals surface area contributed by atoms with Crippen molar-refractivity contribution in [2.24, 2.45) is 0 Å². The van der Waals surface area contributed by atoms with E-state index in [4.69, 9.17) is 0 Å². The molecule has 0 saturated heterocycles. The fourth-order valence-corrected chi connectivity index (χ4v) is 1.50. The number of nitrogens with zero attached hydrogens (tertiary/aromatic N) is 3. The van der Waals surface area contributed by atoms with Crippen molar-refractivity contribution >= 4 is 11.9 Å². The Morgan fingerprint density at radius 2 is 2.29 bits per heavy atom. The molecule has 0 radical (unpaired) electrons. The predicted octanol–water partition coefficient (Wildman–Crippen LogP) is 1.42. The van der Waals surface area contributed by atoms with E-state index >= 15 is 0 Å². The van der Waals surface area contributed by atoms with Crippen LogP contribution in [0.2, 0.25) is 0 Å². The van der Waals surface area contributed by atoms with Gasteiger partial charge in [-0.15, -0.1) is 0 Å². The summed E-state index contributed by atoms with van der Waals surface area (Å²) in [7, 11) is 0. The second-order valence-electron chi connectivity index (χ2n) is 3.63. The Labute approximate surface area is 80.6 Å². The first-order valence-corrected chi connectivity index (χ1v) is 4.68. The van der Waals surface area contributed by atoms with Crippen molar-refractivity contribution in [3.05, 3.63) is 29.7 Å². The van der Waals surface area contributed by atoms with Crippen LogP contribution in [0.15, 0.2) is 18.3 Å². The lowest BCUT2D eigenvalue weighted by atomic mass is 10.3. The average Bonchev–Trinajstić information content (AvgIpc) is 2.97. The molecule has 4 nitrogen and oxygen atoms in total. The Morgan fingerprint density at radius 1 is 1.43 bits per heavy atom. The van der Waals surface area contributed by atoms with Gasteiger partial charge >= 0.3 is 0 Å². The second kappa shape index (κ2) is 2.64. The van der Waals surface area contributed by atoms with Crippen molar-refractivity contribution in [2.75, 3.05) is 0 Å². The van der Waals surface area contributed by atoms with E-state index in [2.05, 4.69) is 10.1 Å². The normalized spacial score (nSPS) is 16.0. The maximum Gasteiger partial charge on any atom is 0.155 e. The number of hydrogen-bond acceptors (Lipinski definition) is 3. The van der Waals surface area contributed by atoms with Crippen LogP contribution in [0.25, 0.3) is 5.65 Å². The molecule has 0 unspecified atom stereocenters. The largest absolute Gasteiger partial charge is 0.298 e. The Hall–Kier alpha value is -1.71. The lowest BCUT2D eigenvalue weighted by Crippen LogP contribution is -1.90. The molecule has 2 aromatic heterocycles. The molecule has 1 fully saturated rings. The number of pyridine rings is 1. The van der Waals surface area contributed by atoms with Crippen molar-refractivity contribution in [1.29, 1.82) is 0 Å². The smallest absolute Gasteiger partial charge is 0.155 e. The van der Waals surface area contributed by atoms with Crippen LogP contribution < -0.4 is 0 Å². The van der Waals surface area contributed by atoms with Crippen LogP contribution in [-0.4, -0.2) is 20.9 Å². The third-order valence-corrected chi connectivity index (χ3v) is 2.45. The van der Waals surface area contributed by atoms with Gasteiger partial charge in [0.05, 0.1) is 0 Å². The van der Waals surface area contributed by atoms with Crippen LogP contribution >= 0.6 is 0 Å². The highest BCUT2D eigenvalue weighted by atomic mass is 16.1. The lowest BCUT2D eigenvalue weighted by molar-refractivity contribution is 0.112. The zero-order chi connectivity index (χ0) is 9.54. The van der Waals surface area contributed by atoms with E-state index in [9.17, 15) is 4.79 Å². The van der Waals surface area contributed by atoms with Gasteiger partial charge in [0.15, 0.2) is 17.8 Å². The van der Waals surface area contributed by atoms with Crippen molar-refractivity contribution < 1.29 is 4.79 Å². The quantitative estimate of drug-likeness (QED) is 0.668. The molecule has 3 rings (SSSR count). The summed E-state index contributed by atoms with van der Waals surface area (Å²) in [5, 5.41) is 4.33. The molecule has 0 aromatic carbocycles. The molecule has 1 aliphatic carbocycles. The van der Waals surface area contributed by atoms with E-state index in [0.29, 0.717) is 11.5 Å². The van der Waals surface area contributed by atoms with Gasteiger partial charge in [0.2, 0.25) is 0 Å². The van der Waals surface area contributed by atoms with Crippen LogP contribution in [-0.2, 0) is 0 Å². The standard InChI is InChI=1S/C10H9N3O/c14-6-7-1-4-9-11-10(8-2-3-8)12-13(9)5-7/h1,4-6,8H,2-3H2. The molecule has 1 saturated carbocycles. The Balaban J connectivity index is 2.17. The van der Waals surface area contributed by atoms with Crippen LogP contribution in [0.4, 0.5) is 0 Å². The van der Waals surface area contributed by atoms with Gasteiger partial charge in [-0.05, 0) is 25.0 Å². The number of fused-ring (bicyclic) bond motifs is 1. The summed E-state index contributed by atoms with van der Waals surface area (Å²) in [6, 6.07) is 3.58. The summed E-state index contributed by atoms with van der Waals surface area (Å²) < 4.78 is 1.68. The van der Waals surface area contributed by atoms with Crippen LogP contribution in [0.1, 0.15) is 34.9 Å². The Bertz CT molecular complexity index is 499. The molecule has 0 atom stereocenters. The molecule has 1 aliphatic rings. The third kappa shape index (κ3) is 1.11. The monoisotopic (exact) mass is 187 g/mol. The minimum absolute atomic E-state index is 0.551. The number of aromatic nitrogens is 3. The second-order valence-corrected chi connectivity index (χ2v) is 3.63. The van der Waals surface area contributed by atoms with Gasteiger partial charge in [-0.25, -0.2) is 9.50 Å². The van der Waals surface area contributed by atoms with Crippen molar-refractivity contribution in [1.82, 2.24) is 14.6 Å². The van der Waals surface area contributed by atoms with Gasteiger partial charge in [-0.1, -0.05) is 0 Å². The van der Waals surface area contributed by atoms with E-state index < -0.39 is 0 Å². The van der Waals surface area contributed by atoms with Gasteiger partial charge < -0.3 is 0 Å². The molecule has 70 valence electrons. The van der Waals surface area contributed by atoms with E-state index in [1.807, 2.05) is 6.07 Å². The molecule has 0 N–H and O–H groups in total. The molecule has 0 aliphatic heterocycles. The highest BCUT2D eigenvalue weighted by Crippen LogP contribution is 2.38. The minimum Gasteiger partial charge on any atom is -0.298 e. The average molecular weight is 187 g/mol. The van der Waals surface area contributed by atoms with Gasteiger partial charge in [0.1, 0.15) is 0 Å². The zero-order valence-corrected chi connectivity index (χ0v) is 7.55. The molecule has 0 bridgehead atoms. The molecule has 0 amide bonds. The summed E-state index contributed by atoms with van der Waals surface area (Å²) in [5.41, 5.74) is 1.45. The highest BCUT2D eigenvalue weighted by molar-refractivity contribution is 5.74. The number of rotatable bonds is 2. The third-order valence-electron chi connectivity index (χ3n) is 2.45.